The van der Waals surface area contributed by atoms with Gasteiger partial charge in [-0.25, -0.2) is 4.79 Å². The molecule has 0 atom stereocenters. The molecule has 0 unspecified atom stereocenters. The van der Waals surface area contributed by atoms with E-state index in [1.54, 1.807) is 19.3 Å². The molecule has 1 heterocycles. The summed E-state index contributed by atoms with van der Waals surface area (Å²) in [5.41, 5.74) is 3.90. The number of ether oxygens (including phenoxy) is 2. The molecule has 4 aromatic rings. The second-order valence-electron chi connectivity index (χ2n) is 8.82. The monoisotopic (exact) mass is 556 g/mol. The lowest BCUT2D eigenvalue weighted by Gasteiger charge is -2.14. The first kappa shape index (κ1) is 24.6. The molecule has 0 spiro atoms. The van der Waals surface area contributed by atoms with Crippen molar-refractivity contribution in [1.82, 2.24) is 10.2 Å². The topological polar surface area (TPSA) is 67.9 Å². The molecule has 1 saturated heterocycles. The largest absolute Gasteiger partial charge is 0.493 e. The maximum absolute atomic E-state index is 13.0. The fourth-order valence-corrected chi connectivity index (χ4v) is 4.81. The van der Waals surface area contributed by atoms with Crippen molar-refractivity contribution in [1.29, 1.82) is 0 Å². The number of benzene rings is 4. The number of fused-ring (bicyclic) bond motifs is 1. The van der Waals surface area contributed by atoms with Gasteiger partial charge < -0.3 is 14.8 Å². The second-order valence-corrected chi connectivity index (χ2v) is 9.67. The van der Waals surface area contributed by atoms with Crippen LogP contribution in [-0.4, -0.2) is 23.9 Å². The molecule has 1 N–H and O–H groups in total. The third-order valence-electron chi connectivity index (χ3n) is 6.23. The summed E-state index contributed by atoms with van der Waals surface area (Å²) in [6.45, 7) is 2.54. The maximum atomic E-state index is 13.0. The van der Waals surface area contributed by atoms with Gasteiger partial charge >= 0.3 is 6.03 Å². The summed E-state index contributed by atoms with van der Waals surface area (Å²) >= 11 is 3.58. The number of nitrogens with zero attached hydrogens (tertiary/aromatic N) is 1. The van der Waals surface area contributed by atoms with Gasteiger partial charge in [-0.15, -0.1) is 0 Å². The predicted molar refractivity (Wildman–Crippen MR) is 147 cm³/mol. The van der Waals surface area contributed by atoms with E-state index in [9.17, 15) is 9.59 Å². The summed E-state index contributed by atoms with van der Waals surface area (Å²) in [7, 11) is 1.57. The van der Waals surface area contributed by atoms with Gasteiger partial charge in [0.25, 0.3) is 5.91 Å². The van der Waals surface area contributed by atoms with Crippen molar-refractivity contribution < 1.29 is 19.1 Å². The molecule has 5 rings (SSSR count). The Kier molecular flexibility index (Phi) is 6.97. The van der Waals surface area contributed by atoms with Crippen molar-refractivity contribution in [2.75, 3.05) is 7.11 Å². The van der Waals surface area contributed by atoms with Gasteiger partial charge in [0.15, 0.2) is 11.5 Å². The zero-order chi connectivity index (χ0) is 25.9. The highest BCUT2D eigenvalue weighted by Crippen LogP contribution is 2.36. The van der Waals surface area contributed by atoms with E-state index < -0.39 is 6.03 Å². The summed E-state index contributed by atoms with van der Waals surface area (Å²) in [6, 6.07) is 25.2. The Morgan fingerprint density at radius 2 is 1.73 bits per heavy atom. The predicted octanol–water partition coefficient (Wildman–Crippen LogP) is 6.59. The zero-order valence-electron chi connectivity index (χ0n) is 20.5. The van der Waals surface area contributed by atoms with Crippen LogP contribution in [0, 0.1) is 6.92 Å². The molecule has 0 radical (unpaired) electrons. The Hall–Kier alpha value is -4.10. The number of rotatable bonds is 7. The molecule has 3 amide bonds. The van der Waals surface area contributed by atoms with Crippen LogP contribution >= 0.6 is 15.9 Å². The third-order valence-corrected chi connectivity index (χ3v) is 6.92. The number of carbonyl (C=O) groups is 2. The minimum Gasteiger partial charge on any atom is -0.493 e. The molecule has 0 saturated carbocycles. The van der Waals surface area contributed by atoms with Gasteiger partial charge in [-0.05, 0) is 52.6 Å². The van der Waals surface area contributed by atoms with Gasteiger partial charge in [-0.3, -0.25) is 9.69 Å². The number of hydrogen-bond acceptors (Lipinski definition) is 4. The number of hydrogen-bond donors (Lipinski definition) is 1. The molecule has 1 aliphatic rings. The Labute approximate surface area is 223 Å². The van der Waals surface area contributed by atoms with Crippen molar-refractivity contribution in [2.45, 2.75) is 20.1 Å². The zero-order valence-corrected chi connectivity index (χ0v) is 22.0. The summed E-state index contributed by atoms with van der Waals surface area (Å²) in [6.07, 6.45) is 1.64. The number of carbonyl (C=O) groups excluding carboxylic acids is 2. The molecule has 0 bridgehead atoms. The highest BCUT2D eigenvalue weighted by Gasteiger charge is 2.33. The Morgan fingerprint density at radius 3 is 2.54 bits per heavy atom. The second kappa shape index (κ2) is 10.5. The Bertz CT molecular complexity index is 1540. The minimum atomic E-state index is -0.448. The van der Waals surface area contributed by atoms with E-state index in [0.717, 1.165) is 27.5 Å². The molecule has 0 aromatic heterocycles. The van der Waals surface area contributed by atoms with E-state index in [1.165, 1.54) is 4.90 Å². The van der Waals surface area contributed by atoms with Crippen LogP contribution in [0.4, 0.5) is 4.79 Å². The standard InChI is InChI=1S/C30H25BrN2O4/c1-19-7-5-8-20(13-19)17-33-29(34)26(32-30(33)35)14-23-15-27(36-2)28(16-25(23)31)37-18-22-11-6-10-21-9-3-4-12-24(21)22/h3-16H,17-18H2,1-2H3,(H,32,35)/b26-14+. The van der Waals surface area contributed by atoms with Crippen LogP contribution in [0.5, 0.6) is 11.5 Å². The van der Waals surface area contributed by atoms with Crippen LogP contribution in [0.25, 0.3) is 16.8 Å². The first-order chi connectivity index (χ1) is 17.9. The number of aryl methyl sites for hydroxylation is 1. The van der Waals surface area contributed by atoms with Gasteiger partial charge in [-0.2, -0.15) is 0 Å². The summed E-state index contributed by atoms with van der Waals surface area (Å²) in [4.78, 5) is 26.8. The molecule has 1 fully saturated rings. The van der Waals surface area contributed by atoms with Crippen LogP contribution in [0.3, 0.4) is 0 Å². The first-order valence-electron chi connectivity index (χ1n) is 11.8. The van der Waals surface area contributed by atoms with Crippen LogP contribution in [-0.2, 0) is 17.9 Å². The van der Waals surface area contributed by atoms with E-state index in [0.29, 0.717) is 28.1 Å². The first-order valence-corrected chi connectivity index (χ1v) is 12.6. The van der Waals surface area contributed by atoms with Gasteiger partial charge in [0.2, 0.25) is 0 Å². The van der Waals surface area contributed by atoms with E-state index >= 15 is 0 Å². The Balaban J connectivity index is 1.36. The van der Waals surface area contributed by atoms with Gasteiger partial charge in [0, 0.05) is 4.47 Å². The molecular weight excluding hydrogens is 532 g/mol. The smallest absolute Gasteiger partial charge is 0.329 e. The SMILES string of the molecule is COc1cc(/C=C2/NC(=O)N(Cc3cccc(C)c3)C2=O)c(Br)cc1OCc1cccc2ccccc12. The minimum absolute atomic E-state index is 0.199. The molecule has 186 valence electrons. The number of amides is 3. The number of methoxy groups -OCH3 is 1. The summed E-state index contributed by atoms with van der Waals surface area (Å²) in [5.74, 6) is 0.699. The Morgan fingerprint density at radius 1 is 0.946 bits per heavy atom. The molecule has 37 heavy (non-hydrogen) atoms. The summed E-state index contributed by atoms with van der Waals surface area (Å²) in [5, 5.41) is 4.97. The van der Waals surface area contributed by atoms with Crippen molar-refractivity contribution in [3.8, 4) is 11.5 Å². The summed E-state index contributed by atoms with van der Waals surface area (Å²) < 4.78 is 12.4. The van der Waals surface area contributed by atoms with Gasteiger partial charge in [0.1, 0.15) is 12.3 Å². The number of imide groups is 1. The molecule has 7 heteroatoms. The van der Waals surface area contributed by atoms with E-state index in [1.807, 2.05) is 61.5 Å². The normalized spacial score (nSPS) is 14.4. The highest BCUT2D eigenvalue weighted by molar-refractivity contribution is 9.10. The molecule has 1 aliphatic heterocycles. The van der Waals surface area contributed by atoms with Gasteiger partial charge in [-0.1, -0.05) is 88.2 Å². The molecular formula is C30H25BrN2O4. The average molecular weight is 557 g/mol. The van der Waals surface area contributed by atoms with Crippen molar-refractivity contribution in [3.05, 3.63) is 111 Å². The van der Waals surface area contributed by atoms with E-state index in [2.05, 4.69) is 39.4 Å². The van der Waals surface area contributed by atoms with Crippen molar-refractivity contribution in [2.24, 2.45) is 0 Å². The third kappa shape index (κ3) is 5.22. The van der Waals surface area contributed by atoms with Crippen LogP contribution in [0.2, 0.25) is 0 Å². The molecule has 6 nitrogen and oxygen atoms in total. The quantitative estimate of drug-likeness (QED) is 0.206. The van der Waals surface area contributed by atoms with Gasteiger partial charge in [0.05, 0.1) is 13.7 Å². The van der Waals surface area contributed by atoms with Crippen LogP contribution in [0.1, 0.15) is 22.3 Å². The lowest BCUT2D eigenvalue weighted by Crippen LogP contribution is -2.30. The highest BCUT2D eigenvalue weighted by atomic mass is 79.9. The van der Waals surface area contributed by atoms with E-state index in [-0.39, 0.29) is 18.1 Å². The number of halogens is 1. The lowest BCUT2D eigenvalue weighted by molar-refractivity contribution is -0.123. The number of urea groups is 1. The molecule has 0 aliphatic carbocycles. The lowest BCUT2D eigenvalue weighted by atomic mass is 10.1. The van der Waals surface area contributed by atoms with Crippen LogP contribution < -0.4 is 14.8 Å². The average Bonchev–Trinajstić information content (AvgIpc) is 3.16. The maximum Gasteiger partial charge on any atom is 0.329 e. The van der Waals surface area contributed by atoms with Crippen molar-refractivity contribution >= 4 is 44.7 Å². The van der Waals surface area contributed by atoms with Crippen LogP contribution in [0.15, 0.2) is 89.0 Å². The fourth-order valence-electron chi connectivity index (χ4n) is 4.37. The number of nitrogens with one attached hydrogen (secondary N) is 1. The fraction of sp³-hybridized carbons (Fsp3) is 0.133. The van der Waals surface area contributed by atoms with E-state index in [4.69, 9.17) is 9.47 Å². The molecule has 4 aromatic carbocycles. The van der Waals surface area contributed by atoms with Crippen molar-refractivity contribution in [3.63, 3.8) is 0 Å².